The first-order valence-corrected chi connectivity index (χ1v) is 6.81. The van der Waals surface area contributed by atoms with Gasteiger partial charge in [0.1, 0.15) is 5.78 Å². The second-order valence-corrected chi connectivity index (χ2v) is 6.19. The Bertz CT molecular complexity index is 377. The van der Waals surface area contributed by atoms with Crippen LogP contribution >= 0.6 is 22.9 Å². The predicted octanol–water partition coefficient (Wildman–Crippen LogP) is 3.20. The molecule has 1 atom stereocenters. The van der Waals surface area contributed by atoms with Crippen molar-refractivity contribution in [2.24, 2.45) is 5.92 Å². The smallest absolute Gasteiger partial charge is 0.134 e. The fourth-order valence-corrected chi connectivity index (χ4v) is 3.32. The molecule has 0 radical (unpaired) electrons. The molecule has 1 saturated heterocycles. The zero-order chi connectivity index (χ0) is 11.5. The maximum Gasteiger partial charge on any atom is 0.134 e. The van der Waals surface area contributed by atoms with Gasteiger partial charge in [0.2, 0.25) is 0 Å². The molecule has 0 bridgehead atoms. The van der Waals surface area contributed by atoms with Gasteiger partial charge in [0.25, 0.3) is 0 Å². The highest BCUT2D eigenvalue weighted by molar-refractivity contribution is 7.16. The molecular formula is C12H16ClNOS. The van der Waals surface area contributed by atoms with Crippen LogP contribution in [-0.2, 0) is 11.3 Å². The Morgan fingerprint density at radius 1 is 1.62 bits per heavy atom. The van der Waals surface area contributed by atoms with Gasteiger partial charge in [0, 0.05) is 23.9 Å². The molecule has 2 heterocycles. The van der Waals surface area contributed by atoms with E-state index in [0.717, 1.165) is 36.8 Å². The van der Waals surface area contributed by atoms with E-state index in [4.69, 9.17) is 11.6 Å². The number of piperidine rings is 1. The largest absolute Gasteiger partial charge is 0.300 e. The SMILES string of the molecule is CC(=O)C1CCCN(Cc2ccc(Cl)s2)C1. The van der Waals surface area contributed by atoms with E-state index in [-0.39, 0.29) is 5.92 Å². The first-order chi connectivity index (χ1) is 7.65. The topological polar surface area (TPSA) is 20.3 Å². The molecule has 0 saturated carbocycles. The van der Waals surface area contributed by atoms with Gasteiger partial charge in [-0.1, -0.05) is 11.6 Å². The summed E-state index contributed by atoms with van der Waals surface area (Å²) in [4.78, 5) is 15.0. The maximum absolute atomic E-state index is 11.4. The summed E-state index contributed by atoms with van der Waals surface area (Å²) in [5.74, 6) is 0.568. The molecule has 0 spiro atoms. The van der Waals surface area contributed by atoms with Crippen molar-refractivity contribution in [2.75, 3.05) is 13.1 Å². The molecule has 16 heavy (non-hydrogen) atoms. The minimum absolute atomic E-state index is 0.240. The van der Waals surface area contributed by atoms with Crippen molar-refractivity contribution in [3.05, 3.63) is 21.3 Å². The normalized spacial score (nSPS) is 22.2. The van der Waals surface area contributed by atoms with Crippen molar-refractivity contribution in [1.82, 2.24) is 4.90 Å². The Morgan fingerprint density at radius 2 is 2.44 bits per heavy atom. The molecule has 2 rings (SSSR count). The Hall–Kier alpha value is -0.380. The van der Waals surface area contributed by atoms with Gasteiger partial charge < -0.3 is 0 Å². The number of Topliss-reactive ketones (excluding diaryl/α,β-unsaturated/α-hetero) is 1. The standard InChI is InChI=1S/C12H16ClNOS/c1-9(15)10-3-2-6-14(7-10)8-11-4-5-12(13)16-11/h4-5,10H,2-3,6-8H2,1H3. The summed E-state index contributed by atoms with van der Waals surface area (Å²) in [6.07, 6.45) is 2.18. The lowest BCUT2D eigenvalue weighted by molar-refractivity contribution is -0.122. The lowest BCUT2D eigenvalue weighted by atomic mass is 9.94. The van der Waals surface area contributed by atoms with Gasteiger partial charge in [0.05, 0.1) is 4.34 Å². The summed E-state index contributed by atoms with van der Waals surface area (Å²) < 4.78 is 0.843. The first kappa shape index (κ1) is 12.1. The molecule has 1 aromatic rings. The van der Waals surface area contributed by atoms with Crippen LogP contribution < -0.4 is 0 Å². The van der Waals surface area contributed by atoms with Gasteiger partial charge in [-0.3, -0.25) is 9.69 Å². The molecule has 0 N–H and O–H groups in total. The lowest BCUT2D eigenvalue weighted by Gasteiger charge is -2.30. The third-order valence-electron chi connectivity index (χ3n) is 3.09. The van der Waals surface area contributed by atoms with E-state index in [2.05, 4.69) is 11.0 Å². The van der Waals surface area contributed by atoms with Crippen molar-refractivity contribution in [1.29, 1.82) is 0 Å². The highest BCUT2D eigenvalue weighted by Crippen LogP contribution is 2.25. The molecule has 88 valence electrons. The summed E-state index contributed by atoms with van der Waals surface area (Å²) in [7, 11) is 0. The fraction of sp³-hybridized carbons (Fsp3) is 0.583. The van der Waals surface area contributed by atoms with Gasteiger partial charge in [0.15, 0.2) is 0 Å². The van der Waals surface area contributed by atoms with Crippen molar-refractivity contribution < 1.29 is 4.79 Å². The highest BCUT2D eigenvalue weighted by Gasteiger charge is 2.23. The third kappa shape index (κ3) is 3.06. The molecule has 1 aliphatic heterocycles. The second kappa shape index (κ2) is 5.30. The quantitative estimate of drug-likeness (QED) is 0.829. The van der Waals surface area contributed by atoms with Gasteiger partial charge in [-0.2, -0.15) is 0 Å². The third-order valence-corrected chi connectivity index (χ3v) is 4.30. The van der Waals surface area contributed by atoms with Crippen LogP contribution in [0.4, 0.5) is 0 Å². The van der Waals surface area contributed by atoms with Gasteiger partial charge in [-0.15, -0.1) is 11.3 Å². The zero-order valence-electron chi connectivity index (χ0n) is 9.41. The van der Waals surface area contributed by atoms with E-state index in [9.17, 15) is 4.79 Å². The van der Waals surface area contributed by atoms with Gasteiger partial charge in [-0.05, 0) is 38.4 Å². The molecular weight excluding hydrogens is 242 g/mol. The predicted molar refractivity (Wildman–Crippen MR) is 68.0 cm³/mol. The van der Waals surface area contributed by atoms with E-state index in [0.29, 0.717) is 5.78 Å². The molecule has 0 aliphatic carbocycles. The van der Waals surface area contributed by atoms with Crippen molar-refractivity contribution in [2.45, 2.75) is 26.3 Å². The summed E-state index contributed by atoms with van der Waals surface area (Å²) in [5.41, 5.74) is 0. The van der Waals surface area contributed by atoms with E-state index in [1.807, 2.05) is 6.07 Å². The van der Waals surface area contributed by atoms with Crippen LogP contribution in [0, 0.1) is 5.92 Å². The fourth-order valence-electron chi connectivity index (χ4n) is 2.19. The van der Waals surface area contributed by atoms with E-state index in [1.54, 1.807) is 18.3 Å². The van der Waals surface area contributed by atoms with Crippen LogP contribution in [0.1, 0.15) is 24.6 Å². The lowest BCUT2D eigenvalue weighted by Crippen LogP contribution is -2.37. The molecule has 0 amide bonds. The minimum atomic E-state index is 0.240. The van der Waals surface area contributed by atoms with E-state index >= 15 is 0 Å². The van der Waals surface area contributed by atoms with E-state index < -0.39 is 0 Å². The molecule has 1 fully saturated rings. The first-order valence-electron chi connectivity index (χ1n) is 5.62. The molecule has 1 unspecified atom stereocenters. The Balaban J connectivity index is 1.92. The number of ketones is 1. The van der Waals surface area contributed by atoms with Crippen LogP contribution in [0.5, 0.6) is 0 Å². The number of carbonyl (C=O) groups is 1. The summed E-state index contributed by atoms with van der Waals surface area (Å²) in [5, 5.41) is 0. The molecule has 0 aromatic carbocycles. The number of rotatable bonds is 3. The molecule has 1 aliphatic rings. The maximum atomic E-state index is 11.4. The molecule has 1 aromatic heterocycles. The van der Waals surface area contributed by atoms with Crippen LogP contribution in [0.25, 0.3) is 0 Å². The average Bonchev–Trinajstić information content (AvgIpc) is 2.64. The van der Waals surface area contributed by atoms with Crippen molar-refractivity contribution in [3.63, 3.8) is 0 Å². The van der Waals surface area contributed by atoms with E-state index in [1.165, 1.54) is 4.88 Å². The molecule has 4 heteroatoms. The molecule has 2 nitrogen and oxygen atoms in total. The Kier molecular flexibility index (Phi) is 4.00. The number of carbonyl (C=O) groups excluding carboxylic acids is 1. The van der Waals surface area contributed by atoms with Crippen LogP contribution in [0.15, 0.2) is 12.1 Å². The van der Waals surface area contributed by atoms with Crippen molar-refractivity contribution in [3.8, 4) is 0 Å². The van der Waals surface area contributed by atoms with Crippen LogP contribution in [-0.4, -0.2) is 23.8 Å². The number of thiophene rings is 1. The number of nitrogens with zero attached hydrogens (tertiary/aromatic N) is 1. The average molecular weight is 258 g/mol. The van der Waals surface area contributed by atoms with Crippen LogP contribution in [0.3, 0.4) is 0 Å². The van der Waals surface area contributed by atoms with Crippen molar-refractivity contribution >= 4 is 28.7 Å². The van der Waals surface area contributed by atoms with Gasteiger partial charge >= 0.3 is 0 Å². The summed E-state index contributed by atoms with van der Waals surface area (Å²) >= 11 is 7.53. The highest BCUT2D eigenvalue weighted by atomic mass is 35.5. The zero-order valence-corrected chi connectivity index (χ0v) is 11.0. The monoisotopic (exact) mass is 257 g/mol. The van der Waals surface area contributed by atoms with Gasteiger partial charge in [-0.25, -0.2) is 0 Å². The Morgan fingerprint density at radius 3 is 3.06 bits per heavy atom. The Labute approximate surface area is 105 Å². The number of halogens is 1. The summed E-state index contributed by atoms with van der Waals surface area (Å²) in [6, 6.07) is 4.01. The summed E-state index contributed by atoms with van der Waals surface area (Å²) in [6.45, 7) is 4.64. The second-order valence-electron chi connectivity index (χ2n) is 4.39. The number of likely N-dealkylation sites (tertiary alicyclic amines) is 1. The van der Waals surface area contributed by atoms with Crippen LogP contribution in [0.2, 0.25) is 4.34 Å². The number of hydrogen-bond donors (Lipinski definition) is 0. The number of hydrogen-bond acceptors (Lipinski definition) is 3. The minimum Gasteiger partial charge on any atom is -0.300 e.